The van der Waals surface area contributed by atoms with Crippen LogP contribution < -0.4 is 0 Å². The fourth-order valence-electron chi connectivity index (χ4n) is 2.16. The Hall–Kier alpha value is -0.910. The average molecular weight is 255 g/mol. The van der Waals surface area contributed by atoms with Crippen LogP contribution in [0.2, 0.25) is 0 Å². The predicted molar refractivity (Wildman–Crippen MR) is 65.3 cm³/mol. The molecule has 94 valence electrons. The van der Waals surface area contributed by atoms with Gasteiger partial charge in [0.25, 0.3) is 0 Å². The van der Waals surface area contributed by atoms with Gasteiger partial charge in [-0.2, -0.15) is 4.31 Å². The molecule has 1 fully saturated rings. The van der Waals surface area contributed by atoms with Gasteiger partial charge in [-0.05, 0) is 31.9 Å². The van der Waals surface area contributed by atoms with Crippen LogP contribution in [-0.4, -0.2) is 37.0 Å². The van der Waals surface area contributed by atoms with Crippen molar-refractivity contribution in [3.8, 4) is 0 Å². The molecule has 0 radical (unpaired) electrons. The molecule has 5 heteroatoms. The Morgan fingerprint density at radius 1 is 1.35 bits per heavy atom. The first-order valence-electron chi connectivity index (χ1n) is 5.67. The number of rotatable bonds is 2. The van der Waals surface area contributed by atoms with Crippen LogP contribution >= 0.6 is 0 Å². The normalized spacial score (nSPS) is 21.9. The van der Waals surface area contributed by atoms with Crippen LogP contribution in [0.15, 0.2) is 23.1 Å². The average Bonchev–Trinajstić information content (AvgIpc) is 2.64. The summed E-state index contributed by atoms with van der Waals surface area (Å²) in [5, 5.41) is 9.42. The zero-order chi connectivity index (χ0) is 12.6. The highest BCUT2D eigenvalue weighted by molar-refractivity contribution is 7.89. The van der Waals surface area contributed by atoms with Crippen molar-refractivity contribution in [3.63, 3.8) is 0 Å². The summed E-state index contributed by atoms with van der Waals surface area (Å²) in [4.78, 5) is 0.345. The van der Waals surface area contributed by atoms with Gasteiger partial charge in [0, 0.05) is 13.1 Å². The van der Waals surface area contributed by atoms with E-state index in [2.05, 4.69) is 0 Å². The molecule has 4 nitrogen and oxygen atoms in total. The highest BCUT2D eigenvalue weighted by Gasteiger charge is 2.32. The van der Waals surface area contributed by atoms with E-state index in [0.717, 1.165) is 11.1 Å². The van der Waals surface area contributed by atoms with Crippen molar-refractivity contribution in [1.29, 1.82) is 0 Å². The Labute approximate surface area is 102 Å². The number of sulfonamides is 1. The molecule has 0 unspecified atom stereocenters. The Morgan fingerprint density at radius 3 is 2.59 bits per heavy atom. The number of hydrogen-bond donors (Lipinski definition) is 1. The number of aliphatic hydroxyl groups is 1. The lowest BCUT2D eigenvalue weighted by atomic mass is 10.2. The first-order valence-corrected chi connectivity index (χ1v) is 7.11. The minimum atomic E-state index is -3.45. The van der Waals surface area contributed by atoms with Crippen molar-refractivity contribution in [2.24, 2.45) is 0 Å². The van der Waals surface area contributed by atoms with Gasteiger partial charge in [0.1, 0.15) is 0 Å². The van der Waals surface area contributed by atoms with Crippen molar-refractivity contribution in [1.82, 2.24) is 4.31 Å². The molecule has 0 saturated carbocycles. The molecule has 1 aliphatic heterocycles. The Balaban J connectivity index is 2.38. The third kappa shape index (κ3) is 2.36. The molecule has 0 aliphatic carbocycles. The number of β-amino-alcohol motifs (C(OH)–C–C–N with tert-alkyl or cyclic N) is 1. The van der Waals surface area contributed by atoms with Crippen molar-refractivity contribution in [2.75, 3.05) is 13.1 Å². The van der Waals surface area contributed by atoms with Crippen LogP contribution in [-0.2, 0) is 10.0 Å². The molecule has 0 amide bonds. The Morgan fingerprint density at radius 2 is 2.06 bits per heavy atom. The number of nitrogens with zero attached hydrogens (tertiary/aromatic N) is 1. The van der Waals surface area contributed by atoms with Gasteiger partial charge < -0.3 is 5.11 Å². The fourth-order valence-corrected chi connectivity index (χ4v) is 3.85. The van der Waals surface area contributed by atoms with Crippen LogP contribution in [0.3, 0.4) is 0 Å². The van der Waals surface area contributed by atoms with Gasteiger partial charge in [-0.1, -0.05) is 17.7 Å². The van der Waals surface area contributed by atoms with E-state index in [9.17, 15) is 13.5 Å². The summed E-state index contributed by atoms with van der Waals surface area (Å²) in [6.07, 6.45) is -0.0139. The zero-order valence-corrected chi connectivity index (χ0v) is 10.9. The highest BCUT2D eigenvalue weighted by Crippen LogP contribution is 2.24. The number of aryl methyl sites for hydroxylation is 2. The molecule has 1 aromatic rings. The van der Waals surface area contributed by atoms with Gasteiger partial charge in [-0.25, -0.2) is 8.42 Å². The number of hydrogen-bond acceptors (Lipinski definition) is 3. The summed E-state index contributed by atoms with van der Waals surface area (Å²) < 4.78 is 26.0. The Kier molecular flexibility index (Phi) is 3.25. The lowest BCUT2D eigenvalue weighted by molar-refractivity contribution is 0.189. The second kappa shape index (κ2) is 4.40. The zero-order valence-electron chi connectivity index (χ0n) is 10.0. The summed E-state index contributed by atoms with van der Waals surface area (Å²) >= 11 is 0. The summed E-state index contributed by atoms with van der Waals surface area (Å²) in [6.45, 7) is 4.34. The van der Waals surface area contributed by atoms with E-state index in [-0.39, 0.29) is 6.54 Å². The van der Waals surface area contributed by atoms with E-state index in [0.29, 0.717) is 17.9 Å². The maximum absolute atomic E-state index is 12.3. The van der Waals surface area contributed by atoms with Gasteiger partial charge in [-0.3, -0.25) is 0 Å². The first kappa shape index (κ1) is 12.5. The monoisotopic (exact) mass is 255 g/mol. The van der Waals surface area contributed by atoms with Crippen LogP contribution in [0.25, 0.3) is 0 Å². The van der Waals surface area contributed by atoms with Crippen molar-refractivity contribution in [2.45, 2.75) is 31.3 Å². The number of benzene rings is 1. The molecular formula is C12H17NO3S. The fraction of sp³-hybridized carbons (Fsp3) is 0.500. The number of aliphatic hydroxyl groups excluding tert-OH is 1. The predicted octanol–water partition coefficient (Wildman–Crippen LogP) is 1.06. The molecule has 0 aromatic heterocycles. The van der Waals surface area contributed by atoms with Crippen molar-refractivity contribution >= 4 is 10.0 Å². The second-order valence-electron chi connectivity index (χ2n) is 4.57. The first-order chi connectivity index (χ1) is 7.91. The second-order valence-corrected chi connectivity index (χ2v) is 6.48. The minimum Gasteiger partial charge on any atom is -0.392 e. The van der Waals surface area contributed by atoms with E-state index in [4.69, 9.17) is 0 Å². The molecule has 1 atom stereocenters. The van der Waals surface area contributed by atoms with Gasteiger partial charge >= 0.3 is 0 Å². The van der Waals surface area contributed by atoms with Crippen molar-refractivity contribution in [3.05, 3.63) is 29.3 Å². The quantitative estimate of drug-likeness (QED) is 0.859. The van der Waals surface area contributed by atoms with Gasteiger partial charge in [0.2, 0.25) is 10.0 Å². The third-order valence-corrected chi connectivity index (χ3v) is 5.10. The standard InChI is InChI=1S/C12H17NO3S/c1-9-3-4-12(10(2)7-9)17(15,16)13-6-5-11(14)8-13/h3-4,7,11,14H,5-6,8H2,1-2H3/t11-/m1/s1. The van der Waals surface area contributed by atoms with E-state index >= 15 is 0 Å². The van der Waals surface area contributed by atoms with E-state index in [1.165, 1.54) is 4.31 Å². The summed E-state index contributed by atoms with van der Waals surface area (Å²) in [5.74, 6) is 0. The molecular weight excluding hydrogens is 238 g/mol. The lowest BCUT2D eigenvalue weighted by Gasteiger charge is -2.17. The SMILES string of the molecule is Cc1ccc(S(=O)(=O)N2CC[C@@H](O)C2)c(C)c1. The van der Waals surface area contributed by atoms with Crippen LogP contribution in [0.4, 0.5) is 0 Å². The molecule has 1 saturated heterocycles. The molecule has 1 heterocycles. The van der Waals surface area contributed by atoms with E-state index in [1.54, 1.807) is 19.1 Å². The molecule has 1 aromatic carbocycles. The molecule has 0 spiro atoms. The van der Waals surface area contributed by atoms with Crippen LogP contribution in [0.1, 0.15) is 17.5 Å². The van der Waals surface area contributed by atoms with Gasteiger partial charge in [0.05, 0.1) is 11.0 Å². The molecule has 1 N–H and O–H groups in total. The molecule has 1 aliphatic rings. The molecule has 2 rings (SSSR count). The van der Waals surface area contributed by atoms with E-state index < -0.39 is 16.1 Å². The van der Waals surface area contributed by atoms with E-state index in [1.807, 2.05) is 13.0 Å². The van der Waals surface area contributed by atoms with Crippen molar-refractivity contribution < 1.29 is 13.5 Å². The summed E-state index contributed by atoms with van der Waals surface area (Å²) in [5.41, 5.74) is 1.80. The third-order valence-electron chi connectivity index (χ3n) is 3.07. The summed E-state index contributed by atoms with van der Waals surface area (Å²) in [6, 6.07) is 5.30. The van der Waals surface area contributed by atoms with Crippen LogP contribution in [0, 0.1) is 13.8 Å². The summed E-state index contributed by atoms with van der Waals surface area (Å²) in [7, 11) is -3.45. The van der Waals surface area contributed by atoms with Crippen LogP contribution in [0.5, 0.6) is 0 Å². The Bertz CT molecular complexity index is 525. The largest absolute Gasteiger partial charge is 0.392 e. The maximum atomic E-state index is 12.3. The van der Waals surface area contributed by atoms with Gasteiger partial charge in [-0.15, -0.1) is 0 Å². The molecule has 0 bridgehead atoms. The molecule has 17 heavy (non-hydrogen) atoms. The maximum Gasteiger partial charge on any atom is 0.243 e. The lowest BCUT2D eigenvalue weighted by Crippen LogP contribution is -2.30. The topological polar surface area (TPSA) is 57.6 Å². The van der Waals surface area contributed by atoms with Gasteiger partial charge in [0.15, 0.2) is 0 Å². The smallest absolute Gasteiger partial charge is 0.243 e. The highest BCUT2D eigenvalue weighted by atomic mass is 32.2. The minimum absolute atomic E-state index is 0.204.